The van der Waals surface area contributed by atoms with E-state index in [2.05, 4.69) is 5.32 Å². The topological polar surface area (TPSA) is 38.3 Å². The lowest BCUT2D eigenvalue weighted by molar-refractivity contribution is -0.121. The van der Waals surface area contributed by atoms with Gasteiger partial charge in [-0.25, -0.2) is 4.39 Å². The van der Waals surface area contributed by atoms with Gasteiger partial charge in [0, 0.05) is 13.0 Å². The van der Waals surface area contributed by atoms with Gasteiger partial charge in [0.15, 0.2) is 11.6 Å². The predicted molar refractivity (Wildman–Crippen MR) is 84.4 cm³/mol. The molecule has 2 aromatic carbocycles. The van der Waals surface area contributed by atoms with E-state index in [-0.39, 0.29) is 17.5 Å². The molecule has 0 saturated carbocycles. The third-order valence-corrected chi connectivity index (χ3v) is 3.44. The highest BCUT2D eigenvalue weighted by Crippen LogP contribution is 2.17. The van der Waals surface area contributed by atoms with Crippen molar-refractivity contribution in [1.29, 1.82) is 0 Å². The zero-order valence-electron chi connectivity index (χ0n) is 12.6. The molecule has 0 spiro atoms. The van der Waals surface area contributed by atoms with Crippen molar-refractivity contribution in [3.63, 3.8) is 0 Å². The lowest BCUT2D eigenvalue weighted by Crippen LogP contribution is -2.25. The molecule has 2 aromatic rings. The van der Waals surface area contributed by atoms with E-state index in [9.17, 15) is 9.18 Å². The van der Waals surface area contributed by atoms with E-state index < -0.39 is 0 Å². The second-order valence-corrected chi connectivity index (χ2v) is 5.05. The van der Waals surface area contributed by atoms with Crippen LogP contribution in [0.15, 0.2) is 48.5 Å². The maximum absolute atomic E-state index is 13.5. The third kappa shape index (κ3) is 4.88. The number of carbonyl (C=O) groups is 1. The highest BCUT2D eigenvalue weighted by Gasteiger charge is 2.05. The number of amides is 1. The summed E-state index contributed by atoms with van der Waals surface area (Å²) in [5.74, 6) is -0.135. The van der Waals surface area contributed by atoms with Gasteiger partial charge >= 0.3 is 0 Å². The molecule has 0 heterocycles. The number of hydrogen-bond donors (Lipinski definition) is 1. The van der Waals surface area contributed by atoms with E-state index in [1.54, 1.807) is 12.1 Å². The SMILES string of the molecule is COc1ccc(CCNC(=O)CCc2ccccc2)cc1F. The van der Waals surface area contributed by atoms with Crippen LogP contribution in [0.2, 0.25) is 0 Å². The van der Waals surface area contributed by atoms with Gasteiger partial charge in [-0.1, -0.05) is 36.4 Å². The van der Waals surface area contributed by atoms with E-state index in [0.29, 0.717) is 19.4 Å². The number of benzene rings is 2. The fraction of sp³-hybridized carbons (Fsp3) is 0.278. The molecule has 2 rings (SSSR count). The van der Waals surface area contributed by atoms with Crippen LogP contribution in [0.4, 0.5) is 4.39 Å². The standard InChI is InChI=1S/C18H20FNO2/c1-22-17-9-7-15(13-16(17)19)11-12-20-18(21)10-8-14-5-3-2-4-6-14/h2-7,9,13H,8,10-12H2,1H3,(H,20,21). The molecule has 3 nitrogen and oxygen atoms in total. The average molecular weight is 301 g/mol. The van der Waals surface area contributed by atoms with E-state index in [0.717, 1.165) is 17.5 Å². The Bertz CT molecular complexity index is 614. The number of hydrogen-bond acceptors (Lipinski definition) is 2. The van der Waals surface area contributed by atoms with Crippen molar-refractivity contribution in [1.82, 2.24) is 5.32 Å². The second kappa shape index (κ2) is 8.17. The molecule has 0 aliphatic heterocycles. The Morgan fingerprint density at radius 3 is 2.55 bits per heavy atom. The summed E-state index contributed by atoms with van der Waals surface area (Å²) >= 11 is 0. The van der Waals surface area contributed by atoms with Gasteiger partial charge in [0.25, 0.3) is 0 Å². The Kier molecular flexibility index (Phi) is 5.95. The summed E-state index contributed by atoms with van der Waals surface area (Å²) in [6.07, 6.45) is 1.78. The minimum absolute atomic E-state index is 0.0119. The first kappa shape index (κ1) is 16.0. The van der Waals surface area contributed by atoms with Gasteiger partial charge < -0.3 is 10.1 Å². The third-order valence-electron chi connectivity index (χ3n) is 3.44. The van der Waals surface area contributed by atoms with Crippen LogP contribution in [0, 0.1) is 5.82 Å². The van der Waals surface area contributed by atoms with Gasteiger partial charge in [0.2, 0.25) is 5.91 Å². The molecule has 0 radical (unpaired) electrons. The summed E-state index contributed by atoms with van der Waals surface area (Å²) in [6.45, 7) is 0.499. The van der Waals surface area contributed by atoms with Gasteiger partial charge in [0.1, 0.15) is 0 Å². The smallest absolute Gasteiger partial charge is 0.220 e. The van der Waals surface area contributed by atoms with Gasteiger partial charge in [-0.15, -0.1) is 0 Å². The fourth-order valence-corrected chi connectivity index (χ4v) is 2.20. The normalized spacial score (nSPS) is 10.3. The zero-order chi connectivity index (χ0) is 15.8. The number of aryl methyl sites for hydroxylation is 1. The van der Waals surface area contributed by atoms with Crippen LogP contribution in [0.25, 0.3) is 0 Å². The number of rotatable bonds is 7. The molecule has 1 amide bonds. The minimum Gasteiger partial charge on any atom is -0.494 e. The van der Waals surface area contributed by atoms with Crippen LogP contribution >= 0.6 is 0 Å². The Hall–Kier alpha value is -2.36. The molecule has 0 saturated heterocycles. The van der Waals surface area contributed by atoms with E-state index in [1.807, 2.05) is 30.3 Å². The second-order valence-electron chi connectivity index (χ2n) is 5.05. The molecule has 0 bridgehead atoms. The number of ether oxygens (including phenoxy) is 1. The Morgan fingerprint density at radius 1 is 1.09 bits per heavy atom. The van der Waals surface area contributed by atoms with Gasteiger partial charge in [-0.3, -0.25) is 4.79 Å². The molecule has 4 heteroatoms. The Labute approximate surface area is 130 Å². The molecule has 22 heavy (non-hydrogen) atoms. The molecule has 0 aromatic heterocycles. The molecule has 0 aliphatic carbocycles. The van der Waals surface area contributed by atoms with Gasteiger partial charge in [0.05, 0.1) is 7.11 Å². The van der Waals surface area contributed by atoms with Crippen LogP contribution in [0.1, 0.15) is 17.5 Å². The van der Waals surface area contributed by atoms with E-state index >= 15 is 0 Å². The summed E-state index contributed by atoms with van der Waals surface area (Å²) in [5.41, 5.74) is 1.98. The van der Waals surface area contributed by atoms with Gasteiger partial charge in [-0.2, -0.15) is 0 Å². The molecule has 0 unspecified atom stereocenters. The zero-order valence-corrected chi connectivity index (χ0v) is 12.6. The van der Waals surface area contributed by atoms with Crippen molar-refractivity contribution < 1.29 is 13.9 Å². The van der Waals surface area contributed by atoms with Gasteiger partial charge in [-0.05, 0) is 36.1 Å². The first-order valence-corrected chi connectivity index (χ1v) is 7.32. The summed E-state index contributed by atoms with van der Waals surface area (Å²) in [5, 5.41) is 2.86. The molecule has 1 N–H and O–H groups in total. The first-order chi connectivity index (χ1) is 10.7. The first-order valence-electron chi connectivity index (χ1n) is 7.32. The summed E-state index contributed by atoms with van der Waals surface area (Å²) < 4.78 is 18.4. The maximum Gasteiger partial charge on any atom is 0.220 e. The number of nitrogens with one attached hydrogen (secondary N) is 1. The number of methoxy groups -OCH3 is 1. The van der Waals surface area contributed by atoms with Crippen molar-refractivity contribution in [2.75, 3.05) is 13.7 Å². The monoisotopic (exact) mass is 301 g/mol. The lowest BCUT2D eigenvalue weighted by atomic mass is 10.1. The highest BCUT2D eigenvalue weighted by atomic mass is 19.1. The van der Waals surface area contributed by atoms with Crippen molar-refractivity contribution in [3.8, 4) is 5.75 Å². The highest BCUT2D eigenvalue weighted by molar-refractivity contribution is 5.76. The number of halogens is 1. The van der Waals surface area contributed by atoms with Crippen molar-refractivity contribution in [2.45, 2.75) is 19.3 Å². The van der Waals surface area contributed by atoms with Crippen LogP contribution < -0.4 is 10.1 Å². The maximum atomic E-state index is 13.5. The molecular weight excluding hydrogens is 281 g/mol. The summed E-state index contributed by atoms with van der Waals surface area (Å²) in [7, 11) is 1.44. The lowest BCUT2D eigenvalue weighted by Gasteiger charge is -2.07. The molecule has 0 fully saturated rings. The van der Waals surface area contributed by atoms with E-state index in [1.165, 1.54) is 13.2 Å². The molecule has 116 valence electrons. The van der Waals surface area contributed by atoms with Crippen LogP contribution in [-0.4, -0.2) is 19.6 Å². The Balaban J connectivity index is 1.72. The van der Waals surface area contributed by atoms with Crippen molar-refractivity contribution in [2.24, 2.45) is 0 Å². The molecule has 0 atom stereocenters. The predicted octanol–water partition coefficient (Wildman–Crippen LogP) is 3.13. The molecular formula is C18H20FNO2. The quantitative estimate of drug-likeness (QED) is 0.853. The van der Waals surface area contributed by atoms with Crippen LogP contribution in [0.3, 0.4) is 0 Å². The fourth-order valence-electron chi connectivity index (χ4n) is 2.20. The van der Waals surface area contributed by atoms with Crippen molar-refractivity contribution >= 4 is 5.91 Å². The summed E-state index contributed by atoms with van der Waals surface area (Å²) in [6, 6.07) is 14.7. The van der Waals surface area contributed by atoms with Crippen molar-refractivity contribution in [3.05, 3.63) is 65.5 Å². The summed E-state index contributed by atoms with van der Waals surface area (Å²) in [4.78, 5) is 11.8. The van der Waals surface area contributed by atoms with Crippen LogP contribution in [-0.2, 0) is 17.6 Å². The van der Waals surface area contributed by atoms with E-state index in [4.69, 9.17) is 4.74 Å². The average Bonchev–Trinajstić information content (AvgIpc) is 2.54. The van der Waals surface area contributed by atoms with Crippen LogP contribution in [0.5, 0.6) is 5.75 Å². The number of carbonyl (C=O) groups excluding carboxylic acids is 1. The Morgan fingerprint density at radius 2 is 1.86 bits per heavy atom. The largest absolute Gasteiger partial charge is 0.494 e. The minimum atomic E-state index is -0.379. The molecule has 0 aliphatic rings.